The Morgan fingerprint density at radius 2 is 1.70 bits per heavy atom. The molecule has 0 saturated heterocycles. The van der Waals surface area contributed by atoms with E-state index in [1.54, 1.807) is 12.1 Å². The summed E-state index contributed by atoms with van der Waals surface area (Å²) in [4.78, 5) is 27.7. The highest BCUT2D eigenvalue weighted by atomic mass is 35.5. The zero-order chi connectivity index (χ0) is 22.3. The maximum absolute atomic E-state index is 12.9. The molecule has 0 aliphatic heterocycles. The standard InChI is InChI=1S/C23H29Cl2N3O2/c1-15(2)12-20(27-22(29)18-11-10-17(24)13-19(18)25)23(30)26-14-21(28(3)4)16-8-6-5-7-9-16/h5-11,13,15,20-21H,12,14H2,1-4H3,(H,26,30)(H,27,29). The Kier molecular flexibility index (Phi) is 9.15. The predicted molar refractivity (Wildman–Crippen MR) is 123 cm³/mol. The van der Waals surface area contributed by atoms with Crippen molar-refractivity contribution in [3.05, 3.63) is 69.7 Å². The molecule has 162 valence electrons. The Hall–Kier alpha value is -2.08. The summed E-state index contributed by atoms with van der Waals surface area (Å²) >= 11 is 12.1. The van der Waals surface area contributed by atoms with E-state index in [4.69, 9.17) is 23.2 Å². The zero-order valence-electron chi connectivity index (χ0n) is 17.8. The molecule has 0 aliphatic carbocycles. The first kappa shape index (κ1) is 24.2. The first-order chi connectivity index (χ1) is 14.2. The van der Waals surface area contributed by atoms with E-state index < -0.39 is 11.9 Å². The molecule has 2 rings (SSSR count). The highest BCUT2D eigenvalue weighted by Gasteiger charge is 2.25. The lowest BCUT2D eigenvalue weighted by molar-refractivity contribution is -0.123. The average molecular weight is 450 g/mol. The van der Waals surface area contributed by atoms with Crippen LogP contribution in [0.15, 0.2) is 48.5 Å². The van der Waals surface area contributed by atoms with Gasteiger partial charge in [-0.05, 0) is 50.2 Å². The SMILES string of the molecule is CC(C)CC(NC(=O)c1ccc(Cl)cc1Cl)C(=O)NCC(c1ccccc1)N(C)C. The highest BCUT2D eigenvalue weighted by molar-refractivity contribution is 6.36. The van der Waals surface area contributed by atoms with Gasteiger partial charge in [-0.15, -0.1) is 0 Å². The van der Waals surface area contributed by atoms with Crippen molar-refractivity contribution >= 4 is 35.0 Å². The molecular formula is C23H29Cl2N3O2. The molecule has 2 unspecified atom stereocenters. The third kappa shape index (κ3) is 7.01. The van der Waals surface area contributed by atoms with Crippen molar-refractivity contribution in [2.75, 3.05) is 20.6 Å². The highest BCUT2D eigenvalue weighted by Crippen LogP contribution is 2.21. The Balaban J connectivity index is 2.09. The van der Waals surface area contributed by atoms with E-state index in [9.17, 15) is 9.59 Å². The van der Waals surface area contributed by atoms with Crippen molar-refractivity contribution < 1.29 is 9.59 Å². The third-order valence-electron chi connectivity index (χ3n) is 4.78. The second-order valence-electron chi connectivity index (χ2n) is 7.92. The molecule has 2 atom stereocenters. The molecular weight excluding hydrogens is 421 g/mol. The van der Waals surface area contributed by atoms with E-state index in [-0.39, 0.29) is 28.5 Å². The minimum atomic E-state index is -0.664. The number of nitrogens with zero attached hydrogens (tertiary/aromatic N) is 1. The summed E-state index contributed by atoms with van der Waals surface area (Å²) < 4.78 is 0. The molecule has 0 aromatic heterocycles. The lowest BCUT2D eigenvalue weighted by Gasteiger charge is -2.27. The van der Waals surface area contributed by atoms with E-state index in [1.165, 1.54) is 6.07 Å². The number of carbonyl (C=O) groups is 2. The summed E-state index contributed by atoms with van der Waals surface area (Å²) in [5.74, 6) is -0.393. The number of amides is 2. The van der Waals surface area contributed by atoms with Crippen LogP contribution in [-0.2, 0) is 4.79 Å². The lowest BCUT2D eigenvalue weighted by Crippen LogP contribution is -2.49. The Morgan fingerprint density at radius 1 is 1.03 bits per heavy atom. The normalized spacial score (nSPS) is 13.2. The molecule has 0 saturated carbocycles. The van der Waals surface area contributed by atoms with Crippen LogP contribution >= 0.6 is 23.2 Å². The van der Waals surface area contributed by atoms with E-state index in [0.29, 0.717) is 18.0 Å². The molecule has 0 bridgehead atoms. The van der Waals surface area contributed by atoms with Gasteiger partial charge in [0.25, 0.3) is 5.91 Å². The van der Waals surface area contributed by atoms with Crippen molar-refractivity contribution in [2.24, 2.45) is 5.92 Å². The van der Waals surface area contributed by atoms with E-state index in [0.717, 1.165) is 5.56 Å². The number of hydrogen-bond acceptors (Lipinski definition) is 3. The summed E-state index contributed by atoms with van der Waals surface area (Å²) in [7, 11) is 3.94. The van der Waals surface area contributed by atoms with Crippen molar-refractivity contribution in [1.82, 2.24) is 15.5 Å². The van der Waals surface area contributed by atoms with Gasteiger partial charge in [-0.3, -0.25) is 9.59 Å². The molecule has 0 spiro atoms. The van der Waals surface area contributed by atoms with Crippen LogP contribution < -0.4 is 10.6 Å². The van der Waals surface area contributed by atoms with Gasteiger partial charge in [0.15, 0.2) is 0 Å². The van der Waals surface area contributed by atoms with Crippen molar-refractivity contribution in [1.29, 1.82) is 0 Å². The first-order valence-electron chi connectivity index (χ1n) is 9.94. The fourth-order valence-electron chi connectivity index (χ4n) is 3.21. The molecule has 0 radical (unpaired) electrons. The average Bonchev–Trinajstić information content (AvgIpc) is 2.67. The number of carbonyl (C=O) groups excluding carboxylic acids is 2. The summed E-state index contributed by atoms with van der Waals surface area (Å²) in [6.45, 7) is 4.45. The van der Waals surface area contributed by atoms with Crippen LogP contribution in [0.25, 0.3) is 0 Å². The van der Waals surface area contributed by atoms with Crippen LogP contribution in [0.3, 0.4) is 0 Å². The molecule has 30 heavy (non-hydrogen) atoms. The summed E-state index contributed by atoms with van der Waals surface area (Å²) in [6, 6.07) is 14.0. The van der Waals surface area contributed by atoms with E-state index in [2.05, 4.69) is 15.5 Å². The number of benzene rings is 2. The number of hydrogen-bond donors (Lipinski definition) is 2. The second kappa shape index (κ2) is 11.3. The van der Waals surface area contributed by atoms with Crippen LogP contribution in [0.2, 0.25) is 10.0 Å². The molecule has 0 aliphatic rings. The number of rotatable bonds is 9. The maximum Gasteiger partial charge on any atom is 0.253 e. The van der Waals surface area contributed by atoms with Gasteiger partial charge < -0.3 is 15.5 Å². The Bertz CT molecular complexity index is 857. The number of nitrogens with one attached hydrogen (secondary N) is 2. The van der Waals surface area contributed by atoms with E-state index >= 15 is 0 Å². The molecule has 2 N–H and O–H groups in total. The maximum atomic E-state index is 12.9. The van der Waals surface area contributed by atoms with E-state index in [1.807, 2.05) is 58.3 Å². The quantitative estimate of drug-likeness (QED) is 0.589. The van der Waals surface area contributed by atoms with Gasteiger partial charge in [0.05, 0.1) is 16.6 Å². The minimum Gasteiger partial charge on any atom is -0.352 e. The molecule has 2 aromatic carbocycles. The van der Waals surface area contributed by atoms with Crippen LogP contribution in [0.1, 0.15) is 42.2 Å². The monoisotopic (exact) mass is 449 g/mol. The molecule has 0 fully saturated rings. The van der Waals surface area contributed by atoms with Crippen molar-refractivity contribution in [3.8, 4) is 0 Å². The van der Waals surface area contributed by atoms with Gasteiger partial charge in [-0.25, -0.2) is 0 Å². The number of halogens is 2. The van der Waals surface area contributed by atoms with Crippen molar-refractivity contribution in [2.45, 2.75) is 32.4 Å². The predicted octanol–water partition coefficient (Wildman–Crippen LogP) is 4.56. The van der Waals surface area contributed by atoms with Gasteiger partial charge in [0, 0.05) is 11.6 Å². The summed E-state index contributed by atoms with van der Waals surface area (Å²) in [5, 5.41) is 6.52. The van der Waals surface area contributed by atoms with Crippen LogP contribution in [0.5, 0.6) is 0 Å². The molecule has 7 heteroatoms. The fourth-order valence-corrected chi connectivity index (χ4v) is 3.70. The second-order valence-corrected chi connectivity index (χ2v) is 8.76. The minimum absolute atomic E-state index is 0.0243. The molecule has 2 amide bonds. The molecule has 0 heterocycles. The number of likely N-dealkylation sites (N-methyl/N-ethyl adjacent to an activating group) is 1. The third-order valence-corrected chi connectivity index (χ3v) is 5.33. The first-order valence-corrected chi connectivity index (χ1v) is 10.7. The Morgan fingerprint density at radius 3 is 2.27 bits per heavy atom. The topological polar surface area (TPSA) is 61.4 Å². The van der Waals surface area contributed by atoms with Crippen LogP contribution in [0, 0.1) is 5.92 Å². The smallest absolute Gasteiger partial charge is 0.253 e. The van der Waals surface area contributed by atoms with Gasteiger partial charge >= 0.3 is 0 Å². The Labute approximate surface area is 188 Å². The van der Waals surface area contributed by atoms with Gasteiger partial charge in [0.1, 0.15) is 6.04 Å². The molecule has 2 aromatic rings. The van der Waals surface area contributed by atoms with Crippen LogP contribution in [-0.4, -0.2) is 43.4 Å². The van der Waals surface area contributed by atoms with Crippen molar-refractivity contribution in [3.63, 3.8) is 0 Å². The summed E-state index contributed by atoms with van der Waals surface area (Å²) in [6.07, 6.45) is 0.515. The van der Waals surface area contributed by atoms with Gasteiger partial charge in [0.2, 0.25) is 5.91 Å². The lowest BCUT2D eigenvalue weighted by atomic mass is 10.0. The van der Waals surface area contributed by atoms with Gasteiger partial charge in [-0.2, -0.15) is 0 Å². The van der Waals surface area contributed by atoms with Crippen LogP contribution in [0.4, 0.5) is 0 Å². The largest absolute Gasteiger partial charge is 0.352 e. The summed E-state index contributed by atoms with van der Waals surface area (Å²) in [5.41, 5.74) is 1.40. The molecule has 5 nitrogen and oxygen atoms in total. The zero-order valence-corrected chi connectivity index (χ0v) is 19.3. The van der Waals surface area contributed by atoms with Gasteiger partial charge in [-0.1, -0.05) is 67.4 Å². The fraction of sp³-hybridized carbons (Fsp3) is 0.391.